The summed E-state index contributed by atoms with van der Waals surface area (Å²) in [4.78, 5) is 21.2. The molecule has 3 rings (SSSR count). The fourth-order valence-electron chi connectivity index (χ4n) is 2.22. The van der Waals surface area contributed by atoms with Crippen LogP contribution in [0, 0.1) is 6.92 Å². The molecular weight excluding hydrogens is 334 g/mol. The monoisotopic (exact) mass is 347 g/mol. The molecule has 0 radical (unpaired) electrons. The summed E-state index contributed by atoms with van der Waals surface area (Å²) < 4.78 is 5.10. The first-order valence-electron chi connectivity index (χ1n) is 7.04. The van der Waals surface area contributed by atoms with Gasteiger partial charge in [-0.15, -0.1) is 11.3 Å². The average Bonchev–Trinajstić information content (AvgIpc) is 2.91. The molecule has 2 heterocycles. The van der Waals surface area contributed by atoms with E-state index in [2.05, 4.69) is 15.3 Å². The molecule has 0 atom stereocenters. The molecule has 7 heteroatoms. The zero-order valence-electron chi connectivity index (χ0n) is 12.6. The summed E-state index contributed by atoms with van der Waals surface area (Å²) in [5, 5.41) is 5.69. The Morgan fingerprint density at radius 3 is 2.96 bits per heavy atom. The van der Waals surface area contributed by atoms with Crippen molar-refractivity contribution in [3.8, 4) is 0 Å². The normalized spacial score (nSPS) is 10.7. The van der Waals surface area contributed by atoms with Gasteiger partial charge in [0.1, 0.15) is 10.6 Å². The molecule has 0 bridgehead atoms. The molecule has 0 aliphatic carbocycles. The molecular formula is C16H14ClN3O2S. The molecule has 0 fully saturated rings. The van der Waals surface area contributed by atoms with Crippen molar-refractivity contribution in [2.24, 2.45) is 0 Å². The van der Waals surface area contributed by atoms with Crippen LogP contribution in [0.15, 0.2) is 29.6 Å². The third-order valence-electron chi connectivity index (χ3n) is 3.18. The highest BCUT2D eigenvalue weighted by Gasteiger charge is 2.19. The minimum Gasteiger partial charge on any atom is -0.462 e. The highest BCUT2D eigenvalue weighted by molar-refractivity contribution is 7.17. The van der Waals surface area contributed by atoms with E-state index in [1.807, 2.05) is 31.2 Å². The summed E-state index contributed by atoms with van der Waals surface area (Å²) in [6.07, 6.45) is 0. The molecule has 3 aromatic rings. The van der Waals surface area contributed by atoms with Crippen molar-refractivity contribution in [1.82, 2.24) is 9.97 Å². The van der Waals surface area contributed by atoms with Crippen LogP contribution in [0.5, 0.6) is 0 Å². The number of aryl methyl sites for hydroxylation is 1. The number of ether oxygens (including phenoxy) is 1. The smallest absolute Gasteiger partial charge is 0.339 e. The molecule has 23 heavy (non-hydrogen) atoms. The second-order valence-electron chi connectivity index (χ2n) is 4.89. The number of aromatic nitrogens is 2. The van der Waals surface area contributed by atoms with E-state index in [4.69, 9.17) is 16.3 Å². The van der Waals surface area contributed by atoms with Gasteiger partial charge in [0, 0.05) is 11.1 Å². The number of fused-ring (bicyclic) bond motifs is 1. The van der Waals surface area contributed by atoms with Crippen LogP contribution in [0.3, 0.4) is 0 Å². The Bertz CT molecular complexity index is 879. The number of hydrogen-bond acceptors (Lipinski definition) is 6. The van der Waals surface area contributed by atoms with Crippen LogP contribution in [-0.2, 0) is 4.74 Å². The Hall–Kier alpha value is -2.18. The lowest BCUT2D eigenvalue weighted by molar-refractivity contribution is 0.0529. The first-order chi connectivity index (χ1) is 11.1. The summed E-state index contributed by atoms with van der Waals surface area (Å²) in [5.41, 5.74) is 2.42. The molecule has 0 saturated heterocycles. The zero-order valence-corrected chi connectivity index (χ0v) is 14.2. The number of hydrogen-bond donors (Lipinski definition) is 1. The number of nitrogens with zero attached hydrogens (tertiary/aromatic N) is 2. The van der Waals surface area contributed by atoms with E-state index in [1.165, 1.54) is 11.3 Å². The molecule has 118 valence electrons. The molecule has 0 unspecified atom stereocenters. The lowest BCUT2D eigenvalue weighted by atomic mass is 10.2. The van der Waals surface area contributed by atoms with Gasteiger partial charge in [0.05, 0.1) is 17.6 Å². The van der Waals surface area contributed by atoms with Gasteiger partial charge in [0.2, 0.25) is 5.28 Å². The van der Waals surface area contributed by atoms with E-state index < -0.39 is 5.97 Å². The molecule has 2 aromatic heterocycles. The minimum absolute atomic E-state index is 0.130. The number of thiophene rings is 1. The summed E-state index contributed by atoms with van der Waals surface area (Å²) >= 11 is 7.33. The second-order valence-corrected chi connectivity index (χ2v) is 6.08. The Labute approximate surface area is 142 Å². The predicted molar refractivity (Wildman–Crippen MR) is 92.8 cm³/mol. The number of anilines is 2. The molecule has 0 amide bonds. The van der Waals surface area contributed by atoms with Gasteiger partial charge in [-0.3, -0.25) is 0 Å². The lowest BCUT2D eigenvalue weighted by Crippen LogP contribution is -2.05. The number of carbonyl (C=O) groups is 1. The SMILES string of the molecule is CCOC(=O)c1csc2nc(Cl)nc(Nc3cccc(C)c3)c12. The van der Waals surface area contributed by atoms with Gasteiger partial charge in [0.15, 0.2) is 0 Å². The maximum Gasteiger partial charge on any atom is 0.339 e. The van der Waals surface area contributed by atoms with E-state index in [-0.39, 0.29) is 5.28 Å². The summed E-state index contributed by atoms with van der Waals surface area (Å²) in [7, 11) is 0. The fourth-order valence-corrected chi connectivity index (χ4v) is 3.35. The first-order valence-corrected chi connectivity index (χ1v) is 8.29. The van der Waals surface area contributed by atoms with Gasteiger partial charge in [-0.1, -0.05) is 12.1 Å². The van der Waals surface area contributed by atoms with Crippen LogP contribution in [-0.4, -0.2) is 22.5 Å². The van der Waals surface area contributed by atoms with Gasteiger partial charge in [0.25, 0.3) is 0 Å². The van der Waals surface area contributed by atoms with E-state index in [9.17, 15) is 4.79 Å². The molecule has 0 spiro atoms. The second kappa shape index (κ2) is 6.52. The number of halogens is 1. The Balaban J connectivity index is 2.11. The van der Waals surface area contributed by atoms with Gasteiger partial charge in [-0.2, -0.15) is 4.98 Å². The van der Waals surface area contributed by atoms with E-state index in [0.29, 0.717) is 28.2 Å². The van der Waals surface area contributed by atoms with Crippen LogP contribution in [0.4, 0.5) is 11.5 Å². The largest absolute Gasteiger partial charge is 0.462 e. The van der Waals surface area contributed by atoms with E-state index in [1.54, 1.807) is 12.3 Å². The Morgan fingerprint density at radius 2 is 2.22 bits per heavy atom. The standard InChI is InChI=1S/C16H14ClN3O2S/c1-3-22-15(21)11-8-23-14-12(11)13(19-16(17)20-14)18-10-6-4-5-9(2)7-10/h4-8H,3H2,1-2H3,(H,18,19,20). The van der Waals surface area contributed by atoms with Crippen LogP contribution >= 0.6 is 22.9 Å². The van der Waals surface area contributed by atoms with Crippen LogP contribution in [0.2, 0.25) is 5.28 Å². The highest BCUT2D eigenvalue weighted by atomic mass is 35.5. The number of carbonyl (C=O) groups excluding carboxylic acids is 1. The quantitative estimate of drug-likeness (QED) is 0.553. The molecule has 1 N–H and O–H groups in total. The number of esters is 1. The predicted octanol–water partition coefficient (Wildman–Crippen LogP) is 4.57. The van der Waals surface area contributed by atoms with Crippen molar-refractivity contribution in [3.05, 3.63) is 46.1 Å². The Morgan fingerprint density at radius 1 is 1.39 bits per heavy atom. The topological polar surface area (TPSA) is 64.1 Å². The van der Waals surface area contributed by atoms with Crippen molar-refractivity contribution < 1.29 is 9.53 Å². The molecule has 0 saturated carbocycles. The van der Waals surface area contributed by atoms with Gasteiger partial charge >= 0.3 is 5.97 Å². The summed E-state index contributed by atoms with van der Waals surface area (Å²) in [5.74, 6) is 0.104. The summed E-state index contributed by atoms with van der Waals surface area (Å²) in [6.45, 7) is 4.08. The maximum atomic E-state index is 12.1. The minimum atomic E-state index is -0.392. The highest BCUT2D eigenvalue weighted by Crippen LogP contribution is 2.33. The van der Waals surface area contributed by atoms with E-state index in [0.717, 1.165) is 11.3 Å². The van der Waals surface area contributed by atoms with Crippen molar-refractivity contribution >= 4 is 50.6 Å². The van der Waals surface area contributed by atoms with Crippen LogP contribution in [0.25, 0.3) is 10.2 Å². The van der Waals surface area contributed by atoms with Gasteiger partial charge in [-0.05, 0) is 43.1 Å². The summed E-state index contributed by atoms with van der Waals surface area (Å²) in [6, 6.07) is 7.85. The third kappa shape index (κ3) is 3.28. The fraction of sp³-hybridized carbons (Fsp3) is 0.188. The zero-order chi connectivity index (χ0) is 16.4. The van der Waals surface area contributed by atoms with Crippen LogP contribution < -0.4 is 5.32 Å². The number of rotatable bonds is 4. The number of benzene rings is 1. The third-order valence-corrected chi connectivity index (χ3v) is 4.22. The van der Waals surface area contributed by atoms with Crippen LogP contribution in [0.1, 0.15) is 22.8 Å². The lowest BCUT2D eigenvalue weighted by Gasteiger charge is -2.09. The Kier molecular flexibility index (Phi) is 4.45. The molecule has 0 aliphatic rings. The molecule has 0 aliphatic heterocycles. The van der Waals surface area contributed by atoms with Crippen molar-refractivity contribution in [1.29, 1.82) is 0 Å². The maximum absolute atomic E-state index is 12.1. The first kappa shape index (κ1) is 15.7. The van der Waals surface area contributed by atoms with Crippen molar-refractivity contribution in [2.75, 3.05) is 11.9 Å². The van der Waals surface area contributed by atoms with E-state index >= 15 is 0 Å². The van der Waals surface area contributed by atoms with Gasteiger partial charge < -0.3 is 10.1 Å². The van der Waals surface area contributed by atoms with Crippen molar-refractivity contribution in [2.45, 2.75) is 13.8 Å². The van der Waals surface area contributed by atoms with Gasteiger partial charge in [-0.25, -0.2) is 9.78 Å². The molecule has 5 nitrogen and oxygen atoms in total. The van der Waals surface area contributed by atoms with Crippen molar-refractivity contribution in [3.63, 3.8) is 0 Å². The average molecular weight is 348 g/mol. The number of nitrogens with one attached hydrogen (secondary N) is 1. The molecule has 1 aromatic carbocycles.